The van der Waals surface area contributed by atoms with Gasteiger partial charge in [-0.3, -0.25) is 9.36 Å². The lowest BCUT2D eigenvalue weighted by atomic mass is 10.2. The van der Waals surface area contributed by atoms with Crippen LogP contribution in [0.5, 0.6) is 11.5 Å². The highest BCUT2D eigenvalue weighted by Crippen LogP contribution is 2.33. The average molecular weight is 518 g/mol. The Kier molecular flexibility index (Phi) is 5.54. The zero-order valence-electron chi connectivity index (χ0n) is 18.4. The van der Waals surface area contributed by atoms with E-state index in [1.54, 1.807) is 29.9 Å². The Morgan fingerprint density at radius 2 is 1.62 bits per heavy atom. The van der Waals surface area contributed by atoms with E-state index in [9.17, 15) is 4.79 Å². The molecule has 8 nitrogen and oxygen atoms in total. The first-order valence-corrected chi connectivity index (χ1v) is 11.2. The third-order valence-corrected chi connectivity index (χ3v) is 5.98. The molecule has 0 saturated heterocycles. The number of hydrogen-bond acceptors (Lipinski definition) is 6. The zero-order chi connectivity index (χ0) is 23.8. The van der Waals surface area contributed by atoms with Gasteiger partial charge >= 0.3 is 0 Å². The number of benzene rings is 3. The topological polar surface area (TPSA) is 104 Å². The molecule has 3 N–H and O–H groups in total. The van der Waals surface area contributed by atoms with E-state index in [1.807, 2.05) is 48.5 Å². The summed E-state index contributed by atoms with van der Waals surface area (Å²) in [5.74, 6) is 0.890. The van der Waals surface area contributed by atoms with Crippen LogP contribution in [0.15, 0.2) is 71.2 Å². The van der Waals surface area contributed by atoms with Crippen LogP contribution in [0.1, 0.15) is 10.4 Å². The van der Waals surface area contributed by atoms with Crippen molar-refractivity contribution in [3.8, 4) is 17.2 Å². The van der Waals surface area contributed by atoms with Crippen LogP contribution in [0.3, 0.4) is 0 Å². The van der Waals surface area contributed by atoms with Gasteiger partial charge in [0, 0.05) is 21.9 Å². The maximum absolute atomic E-state index is 13.5. The van der Waals surface area contributed by atoms with E-state index in [0.29, 0.717) is 39.4 Å². The van der Waals surface area contributed by atoms with E-state index in [4.69, 9.17) is 25.2 Å². The molecule has 0 radical (unpaired) electrons. The first kappa shape index (κ1) is 21.7. The molecule has 9 heteroatoms. The van der Waals surface area contributed by atoms with Crippen molar-refractivity contribution in [1.29, 1.82) is 0 Å². The van der Waals surface area contributed by atoms with E-state index in [0.717, 1.165) is 10.2 Å². The van der Waals surface area contributed by atoms with Crippen molar-refractivity contribution in [3.05, 3.63) is 76.8 Å². The molecular formula is C25H20BrN5O3. The maximum atomic E-state index is 13.5. The summed E-state index contributed by atoms with van der Waals surface area (Å²) in [7, 11) is 3.09. The summed E-state index contributed by atoms with van der Waals surface area (Å²) < 4.78 is 13.3. The van der Waals surface area contributed by atoms with Crippen molar-refractivity contribution in [2.24, 2.45) is 0 Å². The Morgan fingerprint density at radius 1 is 0.941 bits per heavy atom. The Balaban J connectivity index is 1.68. The lowest BCUT2D eigenvalue weighted by Crippen LogP contribution is -2.14. The number of anilines is 2. The quantitative estimate of drug-likeness (QED) is 0.332. The first-order chi connectivity index (χ1) is 16.5. The number of ether oxygens (including phenoxy) is 2. The first-order valence-electron chi connectivity index (χ1n) is 10.4. The van der Waals surface area contributed by atoms with Crippen LogP contribution in [-0.2, 0) is 0 Å². The summed E-state index contributed by atoms with van der Waals surface area (Å²) in [5.41, 5.74) is 10.4. The molecule has 0 aliphatic carbocycles. The van der Waals surface area contributed by atoms with Crippen molar-refractivity contribution in [2.45, 2.75) is 0 Å². The summed E-state index contributed by atoms with van der Waals surface area (Å²) >= 11 is 3.45. The van der Waals surface area contributed by atoms with Gasteiger partial charge in [0.1, 0.15) is 16.9 Å². The number of carbonyl (C=O) groups is 1. The second-order valence-electron chi connectivity index (χ2n) is 7.48. The zero-order valence-corrected chi connectivity index (χ0v) is 20.0. The number of nitrogens with two attached hydrogens (primary N) is 1. The third-order valence-electron chi connectivity index (χ3n) is 5.45. The molecule has 2 heterocycles. The van der Waals surface area contributed by atoms with Crippen LogP contribution in [0, 0.1) is 0 Å². The van der Waals surface area contributed by atoms with Crippen molar-refractivity contribution in [1.82, 2.24) is 14.5 Å². The van der Waals surface area contributed by atoms with Gasteiger partial charge in [-0.05, 0) is 48.5 Å². The number of nitrogen functional groups attached to an aromatic ring is 1. The van der Waals surface area contributed by atoms with Crippen molar-refractivity contribution < 1.29 is 14.3 Å². The predicted molar refractivity (Wildman–Crippen MR) is 136 cm³/mol. The van der Waals surface area contributed by atoms with Gasteiger partial charge in [-0.15, -0.1) is 0 Å². The van der Waals surface area contributed by atoms with Crippen molar-refractivity contribution in [2.75, 3.05) is 25.3 Å². The van der Waals surface area contributed by atoms with Gasteiger partial charge in [0.15, 0.2) is 17.1 Å². The average Bonchev–Trinajstić information content (AvgIpc) is 3.13. The maximum Gasteiger partial charge on any atom is 0.261 e. The Hall–Kier alpha value is -4.11. The fraction of sp³-hybridized carbons (Fsp3) is 0.0800. The highest BCUT2D eigenvalue weighted by Gasteiger charge is 2.25. The van der Waals surface area contributed by atoms with E-state index < -0.39 is 5.91 Å². The van der Waals surface area contributed by atoms with E-state index in [2.05, 4.69) is 21.2 Å². The molecule has 5 rings (SSSR count). The molecule has 2 aromatic heterocycles. The van der Waals surface area contributed by atoms with E-state index in [-0.39, 0.29) is 11.4 Å². The summed E-state index contributed by atoms with van der Waals surface area (Å²) in [6, 6.07) is 20.2. The second kappa shape index (κ2) is 8.68. The highest BCUT2D eigenvalue weighted by atomic mass is 79.9. The van der Waals surface area contributed by atoms with Crippen molar-refractivity contribution >= 4 is 55.5 Å². The number of para-hydroxylation sites is 2. The van der Waals surface area contributed by atoms with E-state index in [1.165, 1.54) is 7.11 Å². The molecule has 0 atom stereocenters. The molecule has 34 heavy (non-hydrogen) atoms. The van der Waals surface area contributed by atoms with Crippen LogP contribution in [0.25, 0.3) is 27.9 Å². The van der Waals surface area contributed by atoms with Crippen LogP contribution < -0.4 is 20.5 Å². The molecule has 0 fully saturated rings. The molecule has 0 unspecified atom stereocenters. The third kappa shape index (κ3) is 3.69. The number of halogens is 1. The molecular weight excluding hydrogens is 498 g/mol. The Morgan fingerprint density at radius 3 is 2.29 bits per heavy atom. The molecule has 3 aromatic carbocycles. The lowest BCUT2D eigenvalue weighted by Gasteiger charge is -2.11. The molecule has 0 bridgehead atoms. The summed E-state index contributed by atoms with van der Waals surface area (Å²) in [6.45, 7) is 0. The number of fused-ring (bicyclic) bond motifs is 2. The van der Waals surface area contributed by atoms with Gasteiger partial charge in [-0.1, -0.05) is 28.1 Å². The number of aromatic nitrogens is 3. The molecule has 170 valence electrons. The Labute approximate surface area is 203 Å². The molecule has 0 spiro atoms. The standard InChI is InChI=1S/C25H20BrN5O3/c1-33-19-12-9-15(13-20(19)34-2)28-25(32)21-22-24(30-18-6-4-3-5-17(18)29-22)31(23(21)27)16-10-7-14(26)8-11-16/h3-13H,27H2,1-2H3,(H,28,32). The summed E-state index contributed by atoms with van der Waals surface area (Å²) in [4.78, 5) is 23.0. The predicted octanol–water partition coefficient (Wildman–Crippen LogP) is 5.19. The molecule has 1 amide bonds. The minimum Gasteiger partial charge on any atom is -0.493 e. The minimum absolute atomic E-state index is 0.241. The van der Waals surface area contributed by atoms with Crippen molar-refractivity contribution in [3.63, 3.8) is 0 Å². The SMILES string of the molecule is COc1ccc(NC(=O)c2c(N)n(-c3ccc(Br)cc3)c3nc4ccccc4nc23)cc1OC. The number of amides is 1. The van der Waals surface area contributed by atoms with Gasteiger partial charge in [-0.25, -0.2) is 9.97 Å². The largest absolute Gasteiger partial charge is 0.493 e. The number of rotatable bonds is 5. The van der Waals surface area contributed by atoms with Gasteiger partial charge in [0.25, 0.3) is 5.91 Å². The smallest absolute Gasteiger partial charge is 0.261 e. The lowest BCUT2D eigenvalue weighted by molar-refractivity contribution is 0.102. The van der Waals surface area contributed by atoms with Gasteiger partial charge < -0.3 is 20.5 Å². The molecule has 0 aliphatic heterocycles. The van der Waals surface area contributed by atoms with Gasteiger partial charge in [-0.2, -0.15) is 0 Å². The minimum atomic E-state index is -0.407. The summed E-state index contributed by atoms with van der Waals surface area (Å²) in [6.07, 6.45) is 0. The normalized spacial score (nSPS) is 11.0. The molecule has 0 aliphatic rings. The van der Waals surface area contributed by atoms with Gasteiger partial charge in [0.05, 0.1) is 25.3 Å². The van der Waals surface area contributed by atoms with Crippen LogP contribution in [0.4, 0.5) is 11.5 Å². The number of carbonyl (C=O) groups excluding carboxylic acids is 1. The fourth-order valence-corrected chi connectivity index (χ4v) is 4.11. The monoisotopic (exact) mass is 517 g/mol. The Bertz CT molecular complexity index is 1550. The van der Waals surface area contributed by atoms with Crippen LogP contribution in [-0.4, -0.2) is 34.7 Å². The highest BCUT2D eigenvalue weighted by molar-refractivity contribution is 9.10. The number of nitrogens with one attached hydrogen (secondary N) is 1. The fourth-order valence-electron chi connectivity index (χ4n) is 3.84. The number of nitrogens with zero attached hydrogens (tertiary/aromatic N) is 3. The van der Waals surface area contributed by atoms with Crippen LogP contribution in [0.2, 0.25) is 0 Å². The molecule has 0 saturated carbocycles. The second-order valence-corrected chi connectivity index (χ2v) is 8.40. The number of methoxy groups -OCH3 is 2. The number of hydrogen-bond donors (Lipinski definition) is 2. The van der Waals surface area contributed by atoms with Crippen LogP contribution >= 0.6 is 15.9 Å². The summed E-state index contributed by atoms with van der Waals surface area (Å²) in [5, 5.41) is 2.90. The molecule has 5 aromatic rings. The van der Waals surface area contributed by atoms with Gasteiger partial charge in [0.2, 0.25) is 0 Å². The van der Waals surface area contributed by atoms with E-state index >= 15 is 0 Å².